The van der Waals surface area contributed by atoms with E-state index in [0.29, 0.717) is 4.64 Å². The third-order valence-electron chi connectivity index (χ3n) is 2.79. The molecule has 0 atom stereocenters. The van der Waals surface area contributed by atoms with Crippen LogP contribution in [0.15, 0.2) is 12.4 Å². The quantitative estimate of drug-likeness (QED) is 0.742. The van der Waals surface area contributed by atoms with E-state index in [-0.39, 0.29) is 6.61 Å². The lowest BCUT2D eigenvalue weighted by molar-refractivity contribution is 0.188. The molecule has 0 aromatic carbocycles. The second kappa shape index (κ2) is 5.38. The highest BCUT2D eigenvalue weighted by Gasteiger charge is 2.16. The fourth-order valence-electron chi connectivity index (χ4n) is 1.89. The van der Waals surface area contributed by atoms with Gasteiger partial charge < -0.3 is 15.0 Å². The summed E-state index contributed by atoms with van der Waals surface area (Å²) in [5.74, 6) is 1.03. The lowest BCUT2D eigenvalue weighted by atomic mass is 10.3. The van der Waals surface area contributed by atoms with Gasteiger partial charge in [0.15, 0.2) is 0 Å². The molecule has 1 aromatic rings. The summed E-state index contributed by atoms with van der Waals surface area (Å²) in [6.45, 7) is 4.86. The summed E-state index contributed by atoms with van der Waals surface area (Å²) in [5.41, 5.74) is 0. The minimum atomic E-state index is 0.234. The van der Waals surface area contributed by atoms with Crippen LogP contribution in [-0.2, 0) is 0 Å². The van der Waals surface area contributed by atoms with Gasteiger partial charge in [0.25, 0.3) is 0 Å². The van der Waals surface area contributed by atoms with Crippen molar-refractivity contribution in [2.75, 3.05) is 44.2 Å². The number of piperazine rings is 1. The van der Waals surface area contributed by atoms with Crippen molar-refractivity contribution in [1.29, 1.82) is 0 Å². The van der Waals surface area contributed by atoms with Crippen LogP contribution in [0.1, 0.15) is 0 Å². The first-order valence-electron chi connectivity index (χ1n) is 5.42. The maximum atomic E-state index is 8.85. The molecule has 0 radical (unpaired) electrons. The maximum Gasteiger partial charge on any atom is 0.131 e. The smallest absolute Gasteiger partial charge is 0.131 e. The highest BCUT2D eigenvalue weighted by atomic mass is 32.1. The molecule has 2 N–H and O–H groups in total. The van der Waals surface area contributed by atoms with Gasteiger partial charge in [-0.05, 0) is 0 Å². The average molecular weight is 240 g/mol. The molecule has 0 unspecified atom stereocenters. The second-order valence-electron chi connectivity index (χ2n) is 3.82. The molecule has 1 saturated heterocycles. The third kappa shape index (κ3) is 2.78. The number of H-pyrrole nitrogens is 1. The molecule has 5 nitrogen and oxygen atoms in total. The number of nitrogens with zero attached hydrogens (tertiary/aromatic N) is 3. The topological polar surface area (TPSA) is 55.4 Å². The number of hydrogen-bond acceptors (Lipinski definition) is 5. The number of aliphatic hydroxyl groups excluding tert-OH is 1. The maximum absolute atomic E-state index is 8.85. The monoisotopic (exact) mass is 240 g/mol. The van der Waals surface area contributed by atoms with Crippen molar-refractivity contribution in [2.24, 2.45) is 0 Å². The van der Waals surface area contributed by atoms with Crippen molar-refractivity contribution in [2.45, 2.75) is 0 Å². The van der Waals surface area contributed by atoms with Gasteiger partial charge in [0.2, 0.25) is 0 Å². The van der Waals surface area contributed by atoms with Gasteiger partial charge in [-0.1, -0.05) is 12.2 Å². The highest BCUT2D eigenvalue weighted by molar-refractivity contribution is 7.71. The van der Waals surface area contributed by atoms with Crippen molar-refractivity contribution in [1.82, 2.24) is 14.9 Å². The van der Waals surface area contributed by atoms with Crippen LogP contribution in [0.5, 0.6) is 0 Å². The van der Waals surface area contributed by atoms with Gasteiger partial charge in [-0.15, -0.1) is 0 Å². The Labute approximate surface area is 99.7 Å². The van der Waals surface area contributed by atoms with Gasteiger partial charge in [0.05, 0.1) is 12.9 Å². The summed E-state index contributed by atoms with van der Waals surface area (Å²) in [4.78, 5) is 11.6. The van der Waals surface area contributed by atoms with Crippen LogP contribution in [0, 0.1) is 4.64 Å². The molecule has 88 valence electrons. The van der Waals surface area contributed by atoms with E-state index in [0.717, 1.165) is 38.5 Å². The summed E-state index contributed by atoms with van der Waals surface area (Å²) in [6, 6.07) is 1.89. The van der Waals surface area contributed by atoms with Crippen molar-refractivity contribution in [3.05, 3.63) is 17.0 Å². The van der Waals surface area contributed by atoms with Gasteiger partial charge in [-0.25, -0.2) is 4.98 Å². The van der Waals surface area contributed by atoms with E-state index in [1.165, 1.54) is 0 Å². The number of nitrogens with one attached hydrogen (secondary N) is 1. The molecule has 1 aliphatic rings. The zero-order valence-corrected chi connectivity index (χ0v) is 9.91. The summed E-state index contributed by atoms with van der Waals surface area (Å²) in [7, 11) is 0. The fraction of sp³-hybridized carbons (Fsp3) is 0.600. The zero-order valence-electron chi connectivity index (χ0n) is 9.09. The van der Waals surface area contributed by atoms with Crippen LogP contribution in [-0.4, -0.2) is 59.3 Å². The zero-order chi connectivity index (χ0) is 11.4. The summed E-state index contributed by atoms with van der Waals surface area (Å²) in [5, 5.41) is 8.85. The molecule has 0 aliphatic carbocycles. The van der Waals surface area contributed by atoms with Crippen molar-refractivity contribution < 1.29 is 5.11 Å². The van der Waals surface area contributed by atoms with E-state index in [9.17, 15) is 0 Å². The van der Waals surface area contributed by atoms with E-state index >= 15 is 0 Å². The second-order valence-corrected chi connectivity index (χ2v) is 4.24. The lowest BCUT2D eigenvalue weighted by Crippen LogP contribution is -2.47. The predicted octanol–water partition coefficient (Wildman–Crippen LogP) is 0.253. The summed E-state index contributed by atoms with van der Waals surface area (Å²) < 4.78 is 0.617. The molecule has 0 spiro atoms. The number of anilines is 1. The van der Waals surface area contributed by atoms with Crippen LogP contribution in [0.3, 0.4) is 0 Å². The van der Waals surface area contributed by atoms with Gasteiger partial charge in [0, 0.05) is 38.8 Å². The Morgan fingerprint density at radius 1 is 1.38 bits per heavy atom. The first kappa shape index (κ1) is 11.5. The molecular weight excluding hydrogens is 224 g/mol. The molecule has 2 heterocycles. The normalized spacial score (nSPS) is 17.7. The summed E-state index contributed by atoms with van der Waals surface area (Å²) in [6.07, 6.45) is 1.64. The molecule has 0 amide bonds. The Morgan fingerprint density at radius 3 is 2.75 bits per heavy atom. The average Bonchev–Trinajstić information content (AvgIpc) is 2.30. The predicted molar refractivity (Wildman–Crippen MR) is 65.2 cm³/mol. The standard InChI is InChI=1S/C10H16N4OS/c15-6-5-13-1-3-14(4-2-13)9-7-10(16)12-8-11-9/h7-8,15H,1-6H2,(H,11,12,16). The molecule has 0 saturated carbocycles. The number of aromatic nitrogens is 2. The number of hydrogen-bond donors (Lipinski definition) is 2. The van der Waals surface area contributed by atoms with Crippen LogP contribution >= 0.6 is 12.2 Å². The number of aliphatic hydroxyl groups is 1. The largest absolute Gasteiger partial charge is 0.395 e. The van der Waals surface area contributed by atoms with Crippen molar-refractivity contribution in [3.63, 3.8) is 0 Å². The number of aromatic amines is 1. The van der Waals surface area contributed by atoms with Crippen LogP contribution in [0.4, 0.5) is 5.82 Å². The van der Waals surface area contributed by atoms with Crippen molar-refractivity contribution in [3.8, 4) is 0 Å². The molecule has 1 fully saturated rings. The lowest BCUT2D eigenvalue weighted by Gasteiger charge is -2.35. The van der Waals surface area contributed by atoms with E-state index in [1.54, 1.807) is 6.33 Å². The molecular formula is C10H16N4OS. The molecule has 1 aromatic heterocycles. The Kier molecular flexibility index (Phi) is 3.87. The van der Waals surface area contributed by atoms with E-state index in [4.69, 9.17) is 17.3 Å². The van der Waals surface area contributed by atoms with Crippen LogP contribution < -0.4 is 4.90 Å². The Hall–Kier alpha value is -0.980. The SMILES string of the molecule is OCCN1CCN(c2cc(=S)nc[nH]2)CC1. The Bertz CT molecular complexity index is 386. The van der Waals surface area contributed by atoms with Gasteiger partial charge in [0.1, 0.15) is 10.5 Å². The minimum Gasteiger partial charge on any atom is -0.395 e. The number of β-amino-alcohol motifs (C(OH)–C–C–N with tert-alkyl or cyclic N) is 1. The first-order chi connectivity index (χ1) is 7.79. The summed E-state index contributed by atoms with van der Waals surface area (Å²) >= 11 is 5.03. The van der Waals surface area contributed by atoms with Gasteiger partial charge in [-0.2, -0.15) is 0 Å². The van der Waals surface area contributed by atoms with E-state index in [2.05, 4.69) is 19.8 Å². The van der Waals surface area contributed by atoms with Crippen molar-refractivity contribution >= 4 is 18.0 Å². The molecule has 2 rings (SSSR count). The van der Waals surface area contributed by atoms with Crippen LogP contribution in [0.25, 0.3) is 0 Å². The minimum absolute atomic E-state index is 0.234. The van der Waals surface area contributed by atoms with E-state index in [1.807, 2.05) is 6.07 Å². The molecule has 1 aliphatic heterocycles. The van der Waals surface area contributed by atoms with Gasteiger partial charge in [-0.3, -0.25) is 4.90 Å². The number of rotatable bonds is 3. The van der Waals surface area contributed by atoms with Crippen LogP contribution in [0.2, 0.25) is 0 Å². The highest BCUT2D eigenvalue weighted by Crippen LogP contribution is 2.12. The Morgan fingerprint density at radius 2 is 2.12 bits per heavy atom. The molecule has 6 heteroatoms. The fourth-order valence-corrected chi connectivity index (χ4v) is 2.06. The Balaban J connectivity index is 1.96. The van der Waals surface area contributed by atoms with Gasteiger partial charge >= 0.3 is 0 Å². The van der Waals surface area contributed by atoms with E-state index < -0.39 is 0 Å². The molecule has 16 heavy (non-hydrogen) atoms. The molecule has 0 bridgehead atoms. The third-order valence-corrected chi connectivity index (χ3v) is 3.02. The first-order valence-corrected chi connectivity index (χ1v) is 5.83.